The summed E-state index contributed by atoms with van der Waals surface area (Å²) in [6.45, 7) is 3.85. The average Bonchev–Trinajstić information content (AvgIpc) is 2.49. The highest BCUT2D eigenvalue weighted by Crippen LogP contribution is 2.22. The molecule has 0 radical (unpaired) electrons. The van der Waals surface area contributed by atoms with Gasteiger partial charge in [-0.15, -0.1) is 0 Å². The highest BCUT2D eigenvalue weighted by molar-refractivity contribution is 7.98. The molecular formula is C14H24N2O3S2. The Bertz CT molecular complexity index is 533. The summed E-state index contributed by atoms with van der Waals surface area (Å²) >= 11 is 1.70. The third-order valence-electron chi connectivity index (χ3n) is 2.94. The van der Waals surface area contributed by atoms with E-state index in [1.165, 1.54) is 0 Å². The summed E-state index contributed by atoms with van der Waals surface area (Å²) in [6.07, 6.45) is 2.83. The van der Waals surface area contributed by atoms with E-state index < -0.39 is 10.0 Å². The number of hydrogen-bond donors (Lipinski definition) is 2. The van der Waals surface area contributed by atoms with E-state index in [9.17, 15) is 8.42 Å². The minimum Gasteiger partial charge on any atom is -0.496 e. The first-order valence-corrected chi connectivity index (χ1v) is 9.79. The first kappa shape index (κ1) is 18.3. The van der Waals surface area contributed by atoms with Gasteiger partial charge in [0.25, 0.3) is 0 Å². The lowest BCUT2D eigenvalue weighted by Crippen LogP contribution is -2.25. The van der Waals surface area contributed by atoms with Gasteiger partial charge in [-0.25, -0.2) is 13.1 Å². The second-order valence-corrected chi connectivity index (χ2v) is 7.25. The lowest BCUT2D eigenvalue weighted by atomic mass is 10.2. The van der Waals surface area contributed by atoms with Gasteiger partial charge in [0.1, 0.15) is 5.75 Å². The second-order valence-electron chi connectivity index (χ2n) is 4.50. The summed E-state index contributed by atoms with van der Waals surface area (Å²) in [5, 5.41) is 3.18. The van der Waals surface area contributed by atoms with E-state index in [-0.39, 0.29) is 4.90 Å². The molecule has 0 saturated heterocycles. The van der Waals surface area contributed by atoms with Crippen LogP contribution in [0.1, 0.15) is 18.9 Å². The van der Waals surface area contributed by atoms with E-state index in [1.54, 1.807) is 37.1 Å². The number of sulfonamides is 1. The molecule has 7 heteroatoms. The van der Waals surface area contributed by atoms with Crippen molar-refractivity contribution in [1.82, 2.24) is 10.0 Å². The van der Waals surface area contributed by atoms with Crippen molar-refractivity contribution in [1.29, 1.82) is 0 Å². The van der Waals surface area contributed by atoms with Crippen molar-refractivity contribution in [3.63, 3.8) is 0 Å². The number of benzene rings is 1. The third-order valence-corrected chi connectivity index (χ3v) is 5.10. The van der Waals surface area contributed by atoms with E-state index in [1.807, 2.05) is 13.2 Å². The zero-order valence-corrected chi connectivity index (χ0v) is 14.4. The van der Waals surface area contributed by atoms with Crippen molar-refractivity contribution in [2.75, 3.05) is 32.2 Å². The molecule has 0 fully saturated rings. The van der Waals surface area contributed by atoms with Crippen LogP contribution in [-0.2, 0) is 16.6 Å². The van der Waals surface area contributed by atoms with E-state index >= 15 is 0 Å². The molecule has 1 aromatic carbocycles. The molecule has 0 aromatic heterocycles. The lowest BCUT2D eigenvalue weighted by molar-refractivity contribution is 0.407. The topological polar surface area (TPSA) is 67.4 Å². The number of thioether (sulfide) groups is 1. The maximum absolute atomic E-state index is 12.2. The van der Waals surface area contributed by atoms with Gasteiger partial charge in [-0.3, -0.25) is 0 Å². The summed E-state index contributed by atoms with van der Waals surface area (Å²) in [7, 11) is -1.87. The predicted octanol–water partition coefficient (Wildman–Crippen LogP) is 1.84. The zero-order chi connectivity index (χ0) is 15.7. The number of ether oxygens (including phenoxy) is 1. The molecule has 5 nitrogen and oxygen atoms in total. The van der Waals surface area contributed by atoms with Crippen molar-refractivity contribution >= 4 is 21.8 Å². The summed E-state index contributed by atoms with van der Waals surface area (Å²) in [4.78, 5) is 0.278. The highest BCUT2D eigenvalue weighted by atomic mass is 32.2. The van der Waals surface area contributed by atoms with Crippen LogP contribution in [0.15, 0.2) is 23.1 Å². The van der Waals surface area contributed by atoms with Crippen LogP contribution < -0.4 is 14.8 Å². The van der Waals surface area contributed by atoms with Crippen LogP contribution in [0.3, 0.4) is 0 Å². The maximum Gasteiger partial charge on any atom is 0.240 e. The molecule has 0 atom stereocenters. The van der Waals surface area contributed by atoms with Crippen molar-refractivity contribution in [2.24, 2.45) is 0 Å². The van der Waals surface area contributed by atoms with Crippen LogP contribution in [0.2, 0.25) is 0 Å². The van der Waals surface area contributed by atoms with E-state index in [0.29, 0.717) is 18.8 Å². The number of methoxy groups -OCH3 is 1. The molecule has 0 unspecified atom stereocenters. The predicted molar refractivity (Wildman–Crippen MR) is 88.6 cm³/mol. The first-order valence-electron chi connectivity index (χ1n) is 6.91. The molecule has 0 spiro atoms. The third kappa shape index (κ3) is 5.86. The Balaban J connectivity index is 2.85. The largest absolute Gasteiger partial charge is 0.496 e. The molecule has 0 aliphatic carbocycles. The van der Waals surface area contributed by atoms with Gasteiger partial charge in [0.15, 0.2) is 0 Å². The Morgan fingerprint density at radius 1 is 1.33 bits per heavy atom. The summed E-state index contributed by atoms with van der Waals surface area (Å²) < 4.78 is 32.4. The fourth-order valence-corrected chi connectivity index (χ4v) is 3.38. The smallest absolute Gasteiger partial charge is 0.240 e. The fourth-order valence-electron chi connectivity index (χ4n) is 1.83. The SMILES string of the molecule is CCNCc1cc(S(=O)(=O)NCCCSC)ccc1OC. The highest BCUT2D eigenvalue weighted by Gasteiger charge is 2.15. The van der Waals surface area contributed by atoms with Gasteiger partial charge in [0, 0.05) is 18.7 Å². The van der Waals surface area contributed by atoms with Crippen LogP contribution in [0.25, 0.3) is 0 Å². The fraction of sp³-hybridized carbons (Fsp3) is 0.571. The molecule has 0 aliphatic rings. The van der Waals surface area contributed by atoms with E-state index in [0.717, 1.165) is 24.3 Å². The quantitative estimate of drug-likeness (QED) is 0.640. The standard InChI is InChI=1S/C14H24N2O3S2/c1-4-15-11-12-10-13(6-7-14(12)19-2)21(17,18)16-8-5-9-20-3/h6-7,10,15-16H,4-5,8-9,11H2,1-3H3. The van der Waals surface area contributed by atoms with Gasteiger partial charge in [-0.2, -0.15) is 11.8 Å². The molecule has 2 N–H and O–H groups in total. The number of hydrogen-bond acceptors (Lipinski definition) is 5. The normalized spacial score (nSPS) is 11.6. The number of nitrogens with one attached hydrogen (secondary N) is 2. The van der Waals surface area contributed by atoms with Crippen LogP contribution in [0, 0.1) is 0 Å². The van der Waals surface area contributed by atoms with Crippen LogP contribution in [0.4, 0.5) is 0 Å². The molecule has 1 aromatic rings. The van der Waals surface area contributed by atoms with Gasteiger partial charge < -0.3 is 10.1 Å². The molecule has 0 amide bonds. The molecule has 0 saturated carbocycles. The Morgan fingerprint density at radius 3 is 2.71 bits per heavy atom. The minimum atomic E-state index is -3.46. The van der Waals surface area contributed by atoms with Gasteiger partial charge in [0.2, 0.25) is 10.0 Å². The molecule has 0 heterocycles. The zero-order valence-electron chi connectivity index (χ0n) is 12.8. The maximum atomic E-state index is 12.2. The van der Waals surface area contributed by atoms with E-state index in [2.05, 4.69) is 10.0 Å². The minimum absolute atomic E-state index is 0.278. The van der Waals surface area contributed by atoms with Crippen LogP contribution >= 0.6 is 11.8 Å². The van der Waals surface area contributed by atoms with Crippen LogP contribution in [0.5, 0.6) is 5.75 Å². The Morgan fingerprint density at radius 2 is 2.10 bits per heavy atom. The van der Waals surface area contributed by atoms with Gasteiger partial charge >= 0.3 is 0 Å². The first-order chi connectivity index (χ1) is 10.0. The Hall–Kier alpha value is -0.760. The summed E-state index contributed by atoms with van der Waals surface area (Å²) in [5.74, 6) is 1.63. The second kappa shape index (κ2) is 9.30. The summed E-state index contributed by atoms with van der Waals surface area (Å²) in [5.41, 5.74) is 0.839. The average molecular weight is 332 g/mol. The van der Waals surface area contributed by atoms with Gasteiger partial charge in [-0.05, 0) is 43.2 Å². The molecule has 21 heavy (non-hydrogen) atoms. The molecule has 120 valence electrons. The van der Waals surface area contributed by atoms with Gasteiger partial charge in [0.05, 0.1) is 12.0 Å². The van der Waals surface area contributed by atoms with Crippen molar-refractivity contribution in [2.45, 2.75) is 24.8 Å². The Kier molecular flexibility index (Phi) is 8.10. The lowest BCUT2D eigenvalue weighted by Gasteiger charge is -2.12. The molecule has 1 rings (SSSR count). The number of rotatable bonds is 10. The summed E-state index contributed by atoms with van der Waals surface area (Å²) in [6, 6.07) is 4.94. The van der Waals surface area contributed by atoms with Crippen molar-refractivity contribution in [3.05, 3.63) is 23.8 Å². The Labute approximate surface area is 131 Å². The van der Waals surface area contributed by atoms with E-state index in [4.69, 9.17) is 4.74 Å². The molecule has 0 aliphatic heterocycles. The van der Waals surface area contributed by atoms with Crippen molar-refractivity contribution < 1.29 is 13.2 Å². The van der Waals surface area contributed by atoms with Crippen LogP contribution in [-0.4, -0.2) is 40.6 Å². The molecular weight excluding hydrogens is 308 g/mol. The monoisotopic (exact) mass is 332 g/mol. The van der Waals surface area contributed by atoms with Crippen molar-refractivity contribution in [3.8, 4) is 5.75 Å². The molecule has 0 bridgehead atoms. The van der Waals surface area contributed by atoms with Gasteiger partial charge in [-0.1, -0.05) is 6.92 Å².